The first-order valence-corrected chi connectivity index (χ1v) is 6.44. The lowest BCUT2D eigenvalue weighted by atomic mass is 10.2. The van der Waals surface area contributed by atoms with Crippen LogP contribution in [0, 0.1) is 19.1 Å². The van der Waals surface area contributed by atoms with Crippen molar-refractivity contribution >= 4 is 34.6 Å². The molecule has 0 fully saturated rings. The summed E-state index contributed by atoms with van der Waals surface area (Å²) < 4.78 is 0. The molecule has 0 spiro atoms. The molecule has 3 nitrogen and oxygen atoms in total. The number of hydrogen-bond donors (Lipinski definition) is 0. The van der Waals surface area contributed by atoms with Gasteiger partial charge in [-0.15, -0.1) is 0 Å². The molecule has 5 heteroatoms. The summed E-state index contributed by atoms with van der Waals surface area (Å²) in [5, 5.41) is 17.0. The zero-order valence-corrected chi connectivity index (χ0v) is 12.0. The van der Waals surface area contributed by atoms with E-state index >= 15 is 0 Å². The summed E-state index contributed by atoms with van der Waals surface area (Å²) in [7, 11) is 0. The second kappa shape index (κ2) is 5.59. The van der Waals surface area contributed by atoms with Gasteiger partial charge in [-0.25, -0.2) is 0 Å². The molecule has 0 N–H and O–H groups in total. The molecule has 0 saturated carbocycles. The van der Waals surface area contributed by atoms with Crippen LogP contribution in [-0.2, 0) is 0 Å². The van der Waals surface area contributed by atoms with E-state index in [1.165, 1.54) is 0 Å². The van der Waals surface area contributed by atoms with Gasteiger partial charge in [0, 0.05) is 22.3 Å². The molecule has 0 heterocycles. The van der Waals surface area contributed by atoms with Crippen molar-refractivity contribution in [3.63, 3.8) is 0 Å². The minimum Gasteiger partial charge on any atom is -0.594 e. The van der Waals surface area contributed by atoms with Crippen LogP contribution in [0.1, 0.15) is 11.1 Å². The molecule has 0 saturated heterocycles. The molecule has 0 aliphatic carbocycles. The van der Waals surface area contributed by atoms with E-state index in [0.717, 1.165) is 11.1 Å². The van der Waals surface area contributed by atoms with Crippen LogP contribution in [0.25, 0.3) is 0 Å². The Balaban J connectivity index is 2.36. The van der Waals surface area contributed by atoms with Gasteiger partial charge in [-0.05, 0) is 37.1 Å². The topological polar surface area (TPSA) is 38.4 Å². The van der Waals surface area contributed by atoms with Crippen molar-refractivity contribution in [3.05, 3.63) is 62.8 Å². The molecule has 2 rings (SSSR count). The van der Waals surface area contributed by atoms with Gasteiger partial charge >= 0.3 is 0 Å². The second-order valence-corrected chi connectivity index (χ2v) is 5.05. The summed E-state index contributed by atoms with van der Waals surface area (Å²) in [6.45, 7) is 3.76. The molecule has 98 valence electrons. The van der Waals surface area contributed by atoms with Crippen LogP contribution in [0.5, 0.6) is 0 Å². The lowest BCUT2D eigenvalue weighted by Gasteiger charge is -2.03. The lowest BCUT2D eigenvalue weighted by molar-refractivity contribution is -0.435. The SMILES string of the molecule is Cc1ccc(N=[N+]([O-])c2ccc(C)c(Cl)c2)cc1Cl. The van der Waals surface area contributed by atoms with Crippen LogP contribution < -0.4 is 0 Å². The van der Waals surface area contributed by atoms with Gasteiger partial charge in [-0.2, -0.15) is 0 Å². The largest absolute Gasteiger partial charge is 0.594 e. The van der Waals surface area contributed by atoms with Crippen molar-refractivity contribution in [2.45, 2.75) is 13.8 Å². The number of aryl methyl sites for hydroxylation is 2. The smallest absolute Gasteiger partial charge is 0.246 e. The fourth-order valence-corrected chi connectivity index (χ4v) is 1.86. The van der Waals surface area contributed by atoms with Crippen LogP contribution in [0.15, 0.2) is 41.5 Å². The van der Waals surface area contributed by atoms with E-state index in [2.05, 4.69) is 5.11 Å². The van der Waals surface area contributed by atoms with Crippen LogP contribution in [0.2, 0.25) is 10.0 Å². The van der Waals surface area contributed by atoms with Gasteiger partial charge in [0.2, 0.25) is 5.69 Å². The van der Waals surface area contributed by atoms with Crippen LogP contribution >= 0.6 is 23.2 Å². The van der Waals surface area contributed by atoms with E-state index in [-0.39, 0.29) is 0 Å². The molecule has 0 bridgehead atoms. The van der Waals surface area contributed by atoms with Crippen LogP contribution in [0.4, 0.5) is 11.4 Å². The van der Waals surface area contributed by atoms with E-state index in [0.29, 0.717) is 26.3 Å². The zero-order valence-electron chi connectivity index (χ0n) is 10.5. The average molecular weight is 295 g/mol. The molecule has 0 aromatic heterocycles. The summed E-state index contributed by atoms with van der Waals surface area (Å²) >= 11 is 12.0. The highest BCUT2D eigenvalue weighted by atomic mass is 35.5. The quantitative estimate of drug-likeness (QED) is 0.407. The highest BCUT2D eigenvalue weighted by Gasteiger charge is 2.07. The number of nitrogens with zero attached hydrogens (tertiary/aromatic N) is 2. The number of azo groups is 1. The molecule has 0 aliphatic rings. The van der Waals surface area contributed by atoms with Gasteiger partial charge in [0.1, 0.15) is 5.69 Å². The molecule has 2 aromatic carbocycles. The zero-order chi connectivity index (χ0) is 14.0. The van der Waals surface area contributed by atoms with Crippen LogP contribution in [-0.4, -0.2) is 4.86 Å². The third-order valence-corrected chi connectivity index (χ3v) is 3.55. The van der Waals surface area contributed by atoms with Crippen molar-refractivity contribution in [2.24, 2.45) is 5.11 Å². The van der Waals surface area contributed by atoms with Gasteiger partial charge < -0.3 is 5.21 Å². The molecule has 0 atom stereocenters. The summed E-state index contributed by atoms with van der Waals surface area (Å²) in [6, 6.07) is 10.2. The third-order valence-electron chi connectivity index (χ3n) is 2.74. The van der Waals surface area contributed by atoms with Crippen LogP contribution in [0.3, 0.4) is 0 Å². The molecule has 19 heavy (non-hydrogen) atoms. The molecule has 2 aromatic rings. The Labute approximate surface area is 121 Å². The predicted octanol–water partition coefficient (Wildman–Crippen LogP) is 5.54. The summed E-state index contributed by atoms with van der Waals surface area (Å²) in [6.07, 6.45) is 0. The maximum Gasteiger partial charge on any atom is 0.246 e. The normalized spacial score (nSPS) is 11.7. The first-order valence-electron chi connectivity index (χ1n) is 5.68. The molecule has 0 unspecified atom stereocenters. The minimum absolute atomic E-state index is 0.382. The standard InChI is InChI=1S/C14H12Cl2N2O/c1-9-3-5-11(7-13(9)15)17-18(19)12-6-4-10(2)14(16)8-12/h3-8H,1-2H3. The van der Waals surface area contributed by atoms with Gasteiger partial charge in [-0.3, -0.25) is 0 Å². The molecule has 0 radical (unpaired) electrons. The van der Waals surface area contributed by atoms with E-state index in [1.54, 1.807) is 30.3 Å². The monoisotopic (exact) mass is 294 g/mol. The Morgan fingerprint density at radius 3 is 2.11 bits per heavy atom. The number of benzene rings is 2. The summed E-state index contributed by atoms with van der Waals surface area (Å²) in [4.78, 5) is 0.534. The molecule has 0 amide bonds. The van der Waals surface area contributed by atoms with Crippen molar-refractivity contribution in [1.29, 1.82) is 0 Å². The van der Waals surface area contributed by atoms with E-state index in [1.807, 2.05) is 19.9 Å². The van der Waals surface area contributed by atoms with Crippen molar-refractivity contribution in [2.75, 3.05) is 0 Å². The fraction of sp³-hybridized carbons (Fsp3) is 0.143. The highest BCUT2D eigenvalue weighted by Crippen LogP contribution is 2.26. The van der Waals surface area contributed by atoms with Gasteiger partial charge in [0.15, 0.2) is 0 Å². The van der Waals surface area contributed by atoms with E-state index in [4.69, 9.17) is 23.2 Å². The molecular formula is C14H12Cl2N2O. The summed E-state index contributed by atoms with van der Waals surface area (Å²) in [5.41, 5.74) is 2.74. The lowest BCUT2D eigenvalue weighted by Crippen LogP contribution is -1.91. The third kappa shape index (κ3) is 3.25. The first-order chi connectivity index (χ1) is 8.97. The van der Waals surface area contributed by atoms with Gasteiger partial charge in [-0.1, -0.05) is 40.2 Å². The van der Waals surface area contributed by atoms with Gasteiger partial charge in [0.25, 0.3) is 0 Å². The highest BCUT2D eigenvalue weighted by molar-refractivity contribution is 6.31. The Morgan fingerprint density at radius 1 is 0.947 bits per heavy atom. The number of halogens is 2. The maximum absolute atomic E-state index is 11.9. The average Bonchev–Trinajstić information content (AvgIpc) is 2.37. The Morgan fingerprint density at radius 2 is 1.53 bits per heavy atom. The van der Waals surface area contributed by atoms with Crippen molar-refractivity contribution < 1.29 is 4.86 Å². The second-order valence-electron chi connectivity index (χ2n) is 4.24. The predicted molar refractivity (Wildman–Crippen MR) is 77.8 cm³/mol. The Hall–Kier alpha value is -1.58. The van der Waals surface area contributed by atoms with Crippen molar-refractivity contribution in [1.82, 2.24) is 0 Å². The minimum atomic E-state index is 0.382. The molecular weight excluding hydrogens is 283 g/mol. The van der Waals surface area contributed by atoms with E-state index < -0.39 is 0 Å². The number of rotatable bonds is 2. The molecule has 0 aliphatic heterocycles. The summed E-state index contributed by atoms with van der Waals surface area (Å²) in [5.74, 6) is 0. The fourth-order valence-electron chi connectivity index (χ4n) is 1.51. The Bertz CT molecular complexity index is 654. The first kappa shape index (κ1) is 13.8. The van der Waals surface area contributed by atoms with Crippen molar-refractivity contribution in [3.8, 4) is 0 Å². The number of hydrogen-bond acceptors (Lipinski definition) is 2. The van der Waals surface area contributed by atoms with E-state index in [9.17, 15) is 5.21 Å². The van der Waals surface area contributed by atoms with Gasteiger partial charge in [0.05, 0.1) is 5.02 Å². The Kier molecular flexibility index (Phi) is 4.08. The maximum atomic E-state index is 11.9.